The van der Waals surface area contributed by atoms with Gasteiger partial charge >= 0.3 is 0 Å². The van der Waals surface area contributed by atoms with Crippen LogP contribution in [0, 0.1) is 0 Å². The Hall–Kier alpha value is -2.19. The molecule has 2 aromatic carbocycles. The van der Waals surface area contributed by atoms with Gasteiger partial charge in [-0.15, -0.1) is 0 Å². The molecule has 23 heavy (non-hydrogen) atoms. The van der Waals surface area contributed by atoms with Crippen molar-refractivity contribution < 1.29 is 0 Å². The molecule has 0 radical (unpaired) electrons. The van der Waals surface area contributed by atoms with Gasteiger partial charge < -0.3 is 0 Å². The van der Waals surface area contributed by atoms with Crippen molar-refractivity contribution in [3.05, 3.63) is 84.1 Å². The van der Waals surface area contributed by atoms with Crippen molar-refractivity contribution in [2.45, 2.75) is 26.1 Å². The van der Waals surface area contributed by atoms with Crippen molar-refractivity contribution >= 4 is 13.3 Å². The molecule has 2 heteroatoms. The third-order valence-corrected chi connectivity index (χ3v) is 6.17. The largest absolute Gasteiger partial charge is 0.256 e. The van der Waals surface area contributed by atoms with Gasteiger partial charge in [-0.1, -0.05) is 79.4 Å². The normalized spacial score (nSPS) is 11.4. The number of hydrogen-bond acceptors (Lipinski definition) is 1. The average molecular weight is 318 g/mol. The molecule has 3 aromatic rings. The van der Waals surface area contributed by atoms with E-state index in [9.17, 15) is 0 Å². The lowest BCUT2D eigenvalue weighted by Gasteiger charge is -2.17. The molecule has 1 aromatic heterocycles. The number of rotatable bonds is 4. The molecule has 1 nitrogen and oxygen atoms in total. The van der Waals surface area contributed by atoms with Gasteiger partial charge in [0.1, 0.15) is 0 Å². The predicted molar refractivity (Wildman–Crippen MR) is 102 cm³/mol. The first-order valence-electron chi connectivity index (χ1n) is 8.12. The zero-order chi connectivity index (χ0) is 16.3. The van der Waals surface area contributed by atoms with Gasteiger partial charge in [-0.05, 0) is 29.7 Å². The van der Waals surface area contributed by atoms with Gasteiger partial charge in [0.25, 0.3) is 0 Å². The predicted octanol–water partition coefficient (Wildman–Crippen LogP) is 4.88. The molecule has 116 valence electrons. The SMILES string of the molecule is C[Si](C)(C)c1ccnc(-c2ccc(Cc3ccccc3)cc2)c1. The fourth-order valence-corrected chi connectivity index (χ4v) is 3.82. The zero-order valence-electron chi connectivity index (χ0n) is 14.1. The molecule has 0 saturated carbocycles. The molecule has 0 atom stereocenters. The number of nitrogens with zero attached hydrogens (tertiary/aromatic N) is 1. The van der Waals surface area contributed by atoms with E-state index in [2.05, 4.69) is 91.4 Å². The average Bonchev–Trinajstić information content (AvgIpc) is 2.56. The topological polar surface area (TPSA) is 12.9 Å². The van der Waals surface area contributed by atoms with Crippen LogP contribution in [0.1, 0.15) is 11.1 Å². The highest BCUT2D eigenvalue weighted by Gasteiger charge is 2.16. The molecule has 0 unspecified atom stereocenters. The summed E-state index contributed by atoms with van der Waals surface area (Å²) in [6.45, 7) is 7.11. The van der Waals surface area contributed by atoms with Crippen LogP contribution in [-0.2, 0) is 6.42 Å². The minimum absolute atomic E-state index is 0.976. The summed E-state index contributed by atoms with van der Waals surface area (Å²) in [6, 6.07) is 23.8. The van der Waals surface area contributed by atoms with Gasteiger partial charge in [-0.3, -0.25) is 4.98 Å². The molecular formula is C21H23NSi. The maximum Gasteiger partial charge on any atom is 0.0777 e. The van der Waals surface area contributed by atoms with E-state index < -0.39 is 8.07 Å². The number of aromatic nitrogens is 1. The second-order valence-electron chi connectivity index (χ2n) is 7.04. The summed E-state index contributed by atoms with van der Waals surface area (Å²) >= 11 is 0. The van der Waals surface area contributed by atoms with Crippen LogP contribution in [-0.4, -0.2) is 13.1 Å². The molecule has 0 aliphatic heterocycles. The van der Waals surface area contributed by atoms with Crippen LogP contribution in [0.25, 0.3) is 11.3 Å². The number of pyridine rings is 1. The van der Waals surface area contributed by atoms with Gasteiger partial charge in [-0.2, -0.15) is 0 Å². The Kier molecular flexibility index (Phi) is 4.44. The van der Waals surface area contributed by atoms with E-state index in [0.717, 1.165) is 12.1 Å². The van der Waals surface area contributed by atoms with E-state index in [0.29, 0.717) is 0 Å². The van der Waals surface area contributed by atoms with Gasteiger partial charge in [-0.25, -0.2) is 0 Å². The molecule has 0 aliphatic rings. The van der Waals surface area contributed by atoms with Crippen molar-refractivity contribution in [2.75, 3.05) is 0 Å². The van der Waals surface area contributed by atoms with Crippen LogP contribution in [0.5, 0.6) is 0 Å². The summed E-state index contributed by atoms with van der Waals surface area (Å²) in [5, 5.41) is 1.45. The fraction of sp³-hybridized carbons (Fsp3) is 0.190. The third kappa shape index (κ3) is 3.96. The zero-order valence-corrected chi connectivity index (χ0v) is 15.1. The van der Waals surface area contributed by atoms with Crippen LogP contribution in [0.15, 0.2) is 72.9 Å². The highest BCUT2D eigenvalue weighted by atomic mass is 28.3. The van der Waals surface area contributed by atoms with E-state index in [1.165, 1.54) is 21.9 Å². The van der Waals surface area contributed by atoms with E-state index in [4.69, 9.17) is 0 Å². The summed E-state index contributed by atoms with van der Waals surface area (Å²) in [6.07, 6.45) is 2.92. The Balaban J connectivity index is 1.82. The lowest BCUT2D eigenvalue weighted by Crippen LogP contribution is -2.37. The number of benzene rings is 2. The Bertz CT molecular complexity index is 771. The van der Waals surface area contributed by atoms with Crippen LogP contribution in [0.4, 0.5) is 0 Å². The van der Waals surface area contributed by atoms with Gasteiger partial charge in [0.05, 0.1) is 13.8 Å². The smallest absolute Gasteiger partial charge is 0.0777 e. The lowest BCUT2D eigenvalue weighted by atomic mass is 10.0. The molecule has 0 saturated heterocycles. The van der Waals surface area contributed by atoms with Crippen LogP contribution < -0.4 is 5.19 Å². The first-order valence-corrected chi connectivity index (χ1v) is 11.6. The molecule has 0 spiro atoms. The highest BCUT2D eigenvalue weighted by molar-refractivity contribution is 6.88. The first-order chi connectivity index (χ1) is 11.0. The lowest BCUT2D eigenvalue weighted by molar-refractivity contribution is 1.19. The van der Waals surface area contributed by atoms with Crippen LogP contribution in [0.3, 0.4) is 0 Å². The monoisotopic (exact) mass is 317 g/mol. The van der Waals surface area contributed by atoms with E-state index in [-0.39, 0.29) is 0 Å². The van der Waals surface area contributed by atoms with E-state index in [1.807, 2.05) is 6.20 Å². The first kappa shape index (κ1) is 15.7. The van der Waals surface area contributed by atoms with E-state index >= 15 is 0 Å². The minimum atomic E-state index is -1.30. The second kappa shape index (κ2) is 6.51. The Labute approximate surface area is 140 Å². The summed E-state index contributed by atoms with van der Waals surface area (Å²) in [5.74, 6) is 0. The summed E-state index contributed by atoms with van der Waals surface area (Å²) < 4.78 is 0. The Morgan fingerprint density at radius 3 is 2.09 bits per heavy atom. The fourth-order valence-electron chi connectivity index (χ4n) is 2.68. The third-order valence-electron chi connectivity index (χ3n) is 4.13. The summed E-state index contributed by atoms with van der Waals surface area (Å²) in [5.41, 5.74) is 4.96. The van der Waals surface area contributed by atoms with Crippen molar-refractivity contribution in [1.82, 2.24) is 4.98 Å². The molecule has 0 fully saturated rings. The van der Waals surface area contributed by atoms with Crippen LogP contribution >= 0.6 is 0 Å². The molecule has 3 rings (SSSR count). The molecule has 0 aliphatic carbocycles. The van der Waals surface area contributed by atoms with Crippen molar-refractivity contribution in [3.8, 4) is 11.3 Å². The van der Waals surface area contributed by atoms with Gasteiger partial charge in [0, 0.05) is 11.8 Å². The van der Waals surface area contributed by atoms with Crippen molar-refractivity contribution in [2.24, 2.45) is 0 Å². The number of hydrogen-bond donors (Lipinski definition) is 0. The second-order valence-corrected chi connectivity index (χ2v) is 12.1. The van der Waals surface area contributed by atoms with Crippen molar-refractivity contribution in [3.63, 3.8) is 0 Å². The molecule has 0 bridgehead atoms. The highest BCUT2D eigenvalue weighted by Crippen LogP contribution is 2.19. The quantitative estimate of drug-likeness (QED) is 0.625. The molecule has 1 heterocycles. The molecule has 0 amide bonds. The van der Waals surface area contributed by atoms with Crippen molar-refractivity contribution in [1.29, 1.82) is 0 Å². The standard InChI is InChI=1S/C21H23NSi/c1-23(2,3)20-13-14-22-21(16-20)19-11-9-18(10-12-19)15-17-7-5-4-6-8-17/h4-14,16H,15H2,1-3H3. The Morgan fingerprint density at radius 1 is 0.783 bits per heavy atom. The summed E-state index contributed by atoms with van der Waals surface area (Å²) in [4.78, 5) is 4.56. The Morgan fingerprint density at radius 2 is 1.43 bits per heavy atom. The van der Waals surface area contributed by atoms with Crippen LogP contribution in [0.2, 0.25) is 19.6 Å². The van der Waals surface area contributed by atoms with Gasteiger partial charge in [0.2, 0.25) is 0 Å². The maximum absolute atomic E-state index is 4.56. The minimum Gasteiger partial charge on any atom is -0.256 e. The molecule has 0 N–H and O–H groups in total. The summed E-state index contributed by atoms with van der Waals surface area (Å²) in [7, 11) is -1.30. The maximum atomic E-state index is 4.56. The van der Waals surface area contributed by atoms with E-state index in [1.54, 1.807) is 0 Å². The molecular weight excluding hydrogens is 294 g/mol. The van der Waals surface area contributed by atoms with Gasteiger partial charge in [0.15, 0.2) is 0 Å².